The summed E-state index contributed by atoms with van der Waals surface area (Å²) >= 11 is 0. The normalized spacial score (nSPS) is 14.8. The highest BCUT2D eigenvalue weighted by molar-refractivity contribution is 5.93. The second-order valence-electron chi connectivity index (χ2n) is 6.43. The molecule has 1 heterocycles. The molecule has 0 unspecified atom stereocenters. The van der Waals surface area contributed by atoms with E-state index in [-0.39, 0.29) is 11.5 Å². The first kappa shape index (κ1) is 20.7. The van der Waals surface area contributed by atoms with Crippen LogP contribution >= 0.6 is 0 Å². The van der Waals surface area contributed by atoms with Gasteiger partial charge in [0.25, 0.3) is 5.91 Å². The molecule has 1 aliphatic rings. The van der Waals surface area contributed by atoms with Gasteiger partial charge in [0.2, 0.25) is 6.10 Å². The van der Waals surface area contributed by atoms with Crippen molar-refractivity contribution in [3.05, 3.63) is 59.7 Å². The van der Waals surface area contributed by atoms with Gasteiger partial charge >= 0.3 is 5.97 Å². The molecular weight excluding hydrogens is 374 g/mol. The largest absolute Gasteiger partial charge is 0.493 e. The third-order valence-electron chi connectivity index (χ3n) is 4.57. The monoisotopic (exact) mass is 399 g/mol. The van der Waals surface area contributed by atoms with Crippen LogP contribution in [0.25, 0.3) is 0 Å². The van der Waals surface area contributed by atoms with Gasteiger partial charge in [-0.2, -0.15) is 0 Å². The van der Waals surface area contributed by atoms with Gasteiger partial charge in [0.1, 0.15) is 0 Å². The summed E-state index contributed by atoms with van der Waals surface area (Å²) in [6.07, 6.45) is -1.03. The zero-order valence-electron chi connectivity index (χ0n) is 16.6. The first-order chi connectivity index (χ1) is 14.1. The van der Waals surface area contributed by atoms with Gasteiger partial charge in [0.15, 0.2) is 11.5 Å². The third kappa shape index (κ3) is 5.06. The first-order valence-corrected chi connectivity index (χ1v) is 9.57. The van der Waals surface area contributed by atoms with Crippen LogP contribution in [-0.2, 0) is 14.3 Å². The Morgan fingerprint density at radius 1 is 1.07 bits per heavy atom. The molecule has 0 aliphatic carbocycles. The molecule has 0 bridgehead atoms. The fourth-order valence-corrected chi connectivity index (χ4v) is 3.09. The lowest BCUT2D eigenvalue weighted by molar-refractivity contribution is -0.145. The standard InChI is InChI=1S/C22H25NO6/c1-3-28-19-15-17(9-10-18(19)26-2)22(25)29-20(16-7-5-4-6-8-16)21(24)23-11-13-27-14-12-23/h4-10,15,20H,3,11-14H2,1-2H3/t20-/m1/s1. The number of ether oxygens (including phenoxy) is 4. The average Bonchev–Trinajstić information content (AvgIpc) is 2.78. The van der Waals surface area contributed by atoms with Gasteiger partial charge in [0.05, 0.1) is 32.5 Å². The highest BCUT2D eigenvalue weighted by Crippen LogP contribution is 2.29. The SMILES string of the molecule is CCOc1cc(C(=O)O[C@@H](C(=O)N2CCOCC2)c2ccccc2)ccc1OC. The Hall–Kier alpha value is -3.06. The number of hydrogen-bond donors (Lipinski definition) is 0. The molecule has 1 atom stereocenters. The van der Waals surface area contributed by atoms with E-state index in [2.05, 4.69) is 0 Å². The summed E-state index contributed by atoms with van der Waals surface area (Å²) in [5.74, 6) is 0.100. The highest BCUT2D eigenvalue weighted by atomic mass is 16.5. The van der Waals surface area contributed by atoms with Crippen LogP contribution in [0.1, 0.15) is 28.9 Å². The maximum absolute atomic E-state index is 13.1. The highest BCUT2D eigenvalue weighted by Gasteiger charge is 2.31. The number of amides is 1. The van der Waals surface area contributed by atoms with E-state index in [1.807, 2.05) is 25.1 Å². The van der Waals surface area contributed by atoms with E-state index in [1.165, 1.54) is 7.11 Å². The van der Waals surface area contributed by atoms with Crippen LogP contribution < -0.4 is 9.47 Å². The van der Waals surface area contributed by atoms with Gasteiger partial charge < -0.3 is 23.8 Å². The van der Waals surface area contributed by atoms with Crippen LogP contribution in [0.5, 0.6) is 11.5 Å². The lowest BCUT2D eigenvalue weighted by atomic mass is 10.1. The number of esters is 1. The van der Waals surface area contributed by atoms with Crippen LogP contribution in [0.15, 0.2) is 48.5 Å². The minimum Gasteiger partial charge on any atom is -0.493 e. The predicted octanol–water partition coefficient (Wildman–Crippen LogP) is 2.85. The molecule has 0 radical (unpaired) electrons. The van der Waals surface area contributed by atoms with Crippen molar-refractivity contribution in [3.63, 3.8) is 0 Å². The molecule has 1 amide bonds. The summed E-state index contributed by atoms with van der Waals surface area (Å²) in [4.78, 5) is 27.6. The maximum atomic E-state index is 13.1. The second-order valence-corrected chi connectivity index (χ2v) is 6.43. The number of morpholine rings is 1. The summed E-state index contributed by atoms with van der Waals surface area (Å²) in [5, 5.41) is 0. The fraction of sp³-hybridized carbons (Fsp3) is 0.364. The van der Waals surface area contributed by atoms with Gasteiger partial charge in [-0.1, -0.05) is 30.3 Å². The Bertz CT molecular complexity index is 832. The van der Waals surface area contributed by atoms with Crippen molar-refractivity contribution in [3.8, 4) is 11.5 Å². The molecule has 2 aromatic rings. The van der Waals surface area contributed by atoms with E-state index in [9.17, 15) is 9.59 Å². The molecule has 1 saturated heterocycles. The number of nitrogens with zero attached hydrogens (tertiary/aromatic N) is 1. The summed E-state index contributed by atoms with van der Waals surface area (Å²) in [7, 11) is 1.53. The van der Waals surface area contributed by atoms with Crippen LogP contribution in [0.4, 0.5) is 0 Å². The van der Waals surface area contributed by atoms with Crippen LogP contribution in [-0.4, -0.2) is 56.8 Å². The number of rotatable bonds is 7. The van der Waals surface area contributed by atoms with E-state index in [1.54, 1.807) is 35.2 Å². The average molecular weight is 399 g/mol. The molecule has 0 N–H and O–H groups in total. The maximum Gasteiger partial charge on any atom is 0.339 e. The quantitative estimate of drug-likeness (QED) is 0.667. The van der Waals surface area contributed by atoms with Gasteiger partial charge in [0, 0.05) is 18.7 Å². The fourth-order valence-electron chi connectivity index (χ4n) is 3.09. The van der Waals surface area contributed by atoms with Crippen molar-refractivity contribution in [2.24, 2.45) is 0 Å². The molecule has 1 fully saturated rings. The molecule has 0 aromatic heterocycles. The van der Waals surface area contributed by atoms with Crippen molar-refractivity contribution in [1.82, 2.24) is 4.90 Å². The Morgan fingerprint density at radius 3 is 2.45 bits per heavy atom. The van der Waals surface area contributed by atoms with E-state index >= 15 is 0 Å². The number of hydrogen-bond acceptors (Lipinski definition) is 6. The zero-order valence-corrected chi connectivity index (χ0v) is 16.6. The molecule has 0 saturated carbocycles. The number of carbonyl (C=O) groups excluding carboxylic acids is 2. The topological polar surface area (TPSA) is 74.3 Å². The van der Waals surface area contributed by atoms with Crippen molar-refractivity contribution < 1.29 is 28.5 Å². The van der Waals surface area contributed by atoms with Crippen molar-refractivity contribution in [2.75, 3.05) is 40.0 Å². The molecule has 0 spiro atoms. The number of carbonyl (C=O) groups is 2. The molecule has 3 rings (SSSR count). The summed E-state index contributed by atoms with van der Waals surface area (Å²) < 4.78 is 21.8. The molecule has 2 aromatic carbocycles. The van der Waals surface area contributed by atoms with E-state index in [0.29, 0.717) is 50.0 Å². The van der Waals surface area contributed by atoms with E-state index in [4.69, 9.17) is 18.9 Å². The minimum atomic E-state index is -1.03. The van der Waals surface area contributed by atoms with Crippen LogP contribution in [0.3, 0.4) is 0 Å². The first-order valence-electron chi connectivity index (χ1n) is 9.57. The Kier molecular flexibility index (Phi) is 7.08. The van der Waals surface area contributed by atoms with Gasteiger partial charge in [-0.05, 0) is 25.1 Å². The Morgan fingerprint density at radius 2 is 1.79 bits per heavy atom. The van der Waals surface area contributed by atoms with Crippen molar-refractivity contribution >= 4 is 11.9 Å². The van der Waals surface area contributed by atoms with E-state index < -0.39 is 12.1 Å². The summed E-state index contributed by atoms with van der Waals surface area (Å²) in [5.41, 5.74) is 0.904. The van der Waals surface area contributed by atoms with Crippen LogP contribution in [0, 0.1) is 0 Å². The number of methoxy groups -OCH3 is 1. The lowest BCUT2D eigenvalue weighted by Crippen LogP contribution is -2.44. The molecule has 7 nitrogen and oxygen atoms in total. The smallest absolute Gasteiger partial charge is 0.339 e. The van der Waals surface area contributed by atoms with Crippen molar-refractivity contribution in [2.45, 2.75) is 13.0 Å². The van der Waals surface area contributed by atoms with Crippen LogP contribution in [0.2, 0.25) is 0 Å². The number of benzene rings is 2. The molecule has 29 heavy (non-hydrogen) atoms. The molecule has 154 valence electrons. The van der Waals surface area contributed by atoms with Crippen molar-refractivity contribution in [1.29, 1.82) is 0 Å². The van der Waals surface area contributed by atoms with Gasteiger partial charge in [-0.3, -0.25) is 4.79 Å². The molecular formula is C22H25NO6. The summed E-state index contributed by atoms with van der Waals surface area (Å²) in [6.45, 7) is 4.15. The summed E-state index contributed by atoms with van der Waals surface area (Å²) in [6, 6.07) is 13.8. The zero-order chi connectivity index (χ0) is 20.6. The minimum absolute atomic E-state index is 0.258. The second kappa shape index (κ2) is 9.93. The van der Waals surface area contributed by atoms with Gasteiger partial charge in [-0.25, -0.2) is 4.79 Å². The predicted molar refractivity (Wildman–Crippen MR) is 106 cm³/mol. The third-order valence-corrected chi connectivity index (χ3v) is 4.57. The van der Waals surface area contributed by atoms with E-state index in [0.717, 1.165) is 0 Å². The lowest BCUT2D eigenvalue weighted by Gasteiger charge is -2.30. The molecule has 7 heteroatoms. The van der Waals surface area contributed by atoms with Gasteiger partial charge in [-0.15, -0.1) is 0 Å². The Labute approximate surface area is 170 Å². The Balaban J connectivity index is 1.84. The molecule has 1 aliphatic heterocycles.